The molecule has 1 heteroatoms. The fourth-order valence-electron chi connectivity index (χ4n) is 7.47. The van der Waals surface area contributed by atoms with Gasteiger partial charge in [-0.3, -0.25) is 0 Å². The Hall–Kier alpha value is -7.22. The highest BCUT2D eigenvalue weighted by atomic mass is 15.1. The molecule has 0 aliphatic rings. The van der Waals surface area contributed by atoms with Gasteiger partial charge in [0.15, 0.2) is 0 Å². The summed E-state index contributed by atoms with van der Waals surface area (Å²) in [6.45, 7) is 0. The molecule has 0 unspecified atom stereocenters. The van der Waals surface area contributed by atoms with Crippen molar-refractivity contribution in [1.29, 1.82) is 0 Å². The molecule has 10 aromatic rings. The van der Waals surface area contributed by atoms with Gasteiger partial charge in [-0.1, -0.05) is 182 Å². The van der Waals surface area contributed by atoms with Gasteiger partial charge in [-0.15, -0.1) is 0 Å². The normalized spacial score (nSPS) is 13.3. The van der Waals surface area contributed by atoms with Crippen LogP contribution >= 0.6 is 0 Å². The summed E-state index contributed by atoms with van der Waals surface area (Å²) in [4.78, 5) is 1.36. The molecule has 0 aliphatic carbocycles. The molecule has 0 bridgehead atoms. The van der Waals surface area contributed by atoms with Gasteiger partial charge in [-0.25, -0.2) is 0 Å². The summed E-state index contributed by atoms with van der Waals surface area (Å²) in [5, 5.41) is 6.16. The summed E-state index contributed by atoms with van der Waals surface area (Å²) in [6.07, 6.45) is 0. The standard InChI is InChI=1S/C54H37N/c1-3-11-38(12-4-1)39-21-29-47(30-22-39)55(48-31-23-40(24-32-48)45-28-35-51-46(37-45)20-19-42-15-7-9-17-50(42)51)49-33-25-44(26-34-49)54-52-18-10-8-16-43(52)27-36-53(54)41-13-5-2-6-14-41/h1-37H/i21D,22D,25D,26D,29D,30D,33D,34D. The van der Waals surface area contributed by atoms with Crippen molar-refractivity contribution in [3.63, 3.8) is 0 Å². The minimum absolute atomic E-state index is 0.114. The molecule has 0 radical (unpaired) electrons. The van der Waals surface area contributed by atoms with Gasteiger partial charge >= 0.3 is 0 Å². The number of hydrogen-bond donors (Lipinski definition) is 0. The third-order valence-corrected chi connectivity index (χ3v) is 10.2. The predicted octanol–water partition coefficient (Wildman–Crippen LogP) is 15.3. The van der Waals surface area contributed by atoms with Gasteiger partial charge < -0.3 is 4.90 Å². The summed E-state index contributed by atoms with van der Waals surface area (Å²) in [5.41, 5.74) is 4.65. The van der Waals surface area contributed by atoms with Crippen LogP contribution in [0.25, 0.3) is 76.8 Å². The zero-order valence-electron chi connectivity index (χ0n) is 37.7. The van der Waals surface area contributed by atoms with Crippen LogP contribution in [0.1, 0.15) is 11.0 Å². The van der Waals surface area contributed by atoms with Crippen LogP contribution in [-0.2, 0) is 0 Å². The van der Waals surface area contributed by atoms with Gasteiger partial charge in [-0.2, -0.15) is 0 Å². The lowest BCUT2D eigenvalue weighted by Gasteiger charge is -2.26. The summed E-state index contributed by atoms with van der Waals surface area (Å²) in [5.74, 6) is 0. The third kappa shape index (κ3) is 6.12. The van der Waals surface area contributed by atoms with E-state index in [9.17, 15) is 11.0 Å². The minimum Gasteiger partial charge on any atom is -0.311 e. The topological polar surface area (TPSA) is 3.24 Å². The van der Waals surface area contributed by atoms with Crippen LogP contribution in [0.15, 0.2) is 224 Å². The maximum Gasteiger partial charge on any atom is 0.0645 e. The molecule has 0 heterocycles. The Morgan fingerprint density at radius 3 is 1.47 bits per heavy atom. The van der Waals surface area contributed by atoms with E-state index in [1.165, 1.54) is 4.90 Å². The number of hydrogen-bond acceptors (Lipinski definition) is 1. The predicted molar refractivity (Wildman–Crippen MR) is 235 cm³/mol. The maximum absolute atomic E-state index is 9.72. The van der Waals surface area contributed by atoms with Crippen molar-refractivity contribution in [2.24, 2.45) is 0 Å². The largest absolute Gasteiger partial charge is 0.311 e. The van der Waals surface area contributed by atoms with Crippen molar-refractivity contribution < 1.29 is 11.0 Å². The highest BCUT2D eigenvalue weighted by molar-refractivity contribution is 6.08. The lowest BCUT2D eigenvalue weighted by atomic mass is 9.89. The van der Waals surface area contributed by atoms with Gasteiger partial charge in [0.25, 0.3) is 0 Å². The first-order valence-corrected chi connectivity index (χ1v) is 18.3. The number of anilines is 3. The van der Waals surface area contributed by atoms with E-state index in [0.717, 1.165) is 54.6 Å². The van der Waals surface area contributed by atoms with Crippen molar-refractivity contribution >= 4 is 49.4 Å². The smallest absolute Gasteiger partial charge is 0.0645 e. The molecule has 55 heavy (non-hydrogen) atoms. The Bertz CT molecular complexity index is 3370. The number of fused-ring (bicyclic) bond motifs is 4. The Balaban J connectivity index is 1.20. The second-order valence-corrected chi connectivity index (χ2v) is 13.5. The Morgan fingerprint density at radius 2 is 0.782 bits per heavy atom. The van der Waals surface area contributed by atoms with Crippen LogP contribution in [0.5, 0.6) is 0 Å². The quantitative estimate of drug-likeness (QED) is 0.149. The second kappa shape index (κ2) is 14.0. The zero-order chi connectivity index (χ0) is 43.5. The van der Waals surface area contributed by atoms with Crippen molar-refractivity contribution in [2.45, 2.75) is 0 Å². The Labute approximate surface area is 333 Å². The summed E-state index contributed by atoms with van der Waals surface area (Å²) >= 11 is 0. The van der Waals surface area contributed by atoms with Gasteiger partial charge in [-0.05, 0) is 119 Å². The zero-order valence-corrected chi connectivity index (χ0v) is 29.7. The van der Waals surface area contributed by atoms with E-state index in [1.807, 2.05) is 97.1 Å². The molecule has 0 saturated carbocycles. The van der Waals surface area contributed by atoms with Crippen LogP contribution in [0.2, 0.25) is 0 Å². The molecule has 0 amide bonds. The lowest BCUT2D eigenvalue weighted by molar-refractivity contribution is 1.28. The first kappa shape index (κ1) is 24.9. The molecule has 0 aromatic heterocycles. The molecule has 0 N–H and O–H groups in total. The average molecular weight is 708 g/mol. The van der Waals surface area contributed by atoms with Gasteiger partial charge in [0, 0.05) is 17.1 Å². The molecule has 0 spiro atoms. The average Bonchev–Trinajstić information content (AvgIpc) is 3.33. The monoisotopic (exact) mass is 707 g/mol. The molecule has 10 rings (SSSR count). The number of rotatable bonds is 7. The molecule has 0 aliphatic heterocycles. The number of benzene rings is 10. The van der Waals surface area contributed by atoms with Gasteiger partial charge in [0.05, 0.1) is 11.0 Å². The molecular formula is C54H37N. The van der Waals surface area contributed by atoms with E-state index in [4.69, 9.17) is 0 Å². The third-order valence-electron chi connectivity index (χ3n) is 10.2. The molecule has 258 valence electrons. The van der Waals surface area contributed by atoms with E-state index < -0.39 is 12.1 Å². The highest BCUT2D eigenvalue weighted by Gasteiger charge is 2.16. The van der Waals surface area contributed by atoms with Crippen molar-refractivity contribution in [3.8, 4) is 44.5 Å². The maximum atomic E-state index is 9.72. The minimum atomic E-state index is -0.396. The van der Waals surface area contributed by atoms with Crippen molar-refractivity contribution in [2.75, 3.05) is 4.90 Å². The van der Waals surface area contributed by atoms with E-state index in [-0.39, 0.29) is 58.8 Å². The second-order valence-electron chi connectivity index (χ2n) is 13.5. The molecule has 0 saturated heterocycles. The van der Waals surface area contributed by atoms with Crippen LogP contribution in [0.4, 0.5) is 17.1 Å². The highest BCUT2D eigenvalue weighted by Crippen LogP contribution is 2.42. The van der Waals surface area contributed by atoms with Gasteiger partial charge in [0.2, 0.25) is 0 Å². The molecule has 0 fully saturated rings. The Morgan fingerprint density at radius 1 is 0.291 bits per heavy atom. The fourth-order valence-corrected chi connectivity index (χ4v) is 7.47. The molecule has 1 nitrogen and oxygen atoms in total. The van der Waals surface area contributed by atoms with Crippen molar-refractivity contribution in [1.82, 2.24) is 0 Å². The fraction of sp³-hybridized carbons (Fsp3) is 0. The van der Waals surface area contributed by atoms with Crippen LogP contribution in [0, 0.1) is 0 Å². The molecular weight excluding hydrogens is 663 g/mol. The van der Waals surface area contributed by atoms with Crippen LogP contribution in [0.3, 0.4) is 0 Å². The van der Waals surface area contributed by atoms with E-state index in [2.05, 4.69) is 42.5 Å². The van der Waals surface area contributed by atoms with E-state index in [0.29, 0.717) is 16.8 Å². The molecule has 0 atom stereocenters. The van der Waals surface area contributed by atoms with Gasteiger partial charge in [0.1, 0.15) is 0 Å². The first-order valence-electron chi connectivity index (χ1n) is 22.3. The lowest BCUT2D eigenvalue weighted by Crippen LogP contribution is -2.09. The molecule has 10 aromatic carbocycles. The first-order chi connectivity index (χ1) is 30.6. The SMILES string of the molecule is [2H]c1c([2H])c(N(c2ccc(-c3ccc4c(ccc5ccccc54)c3)cc2)c2c([2H])c([2H])c(-c3c(-c4ccccc4)ccc4ccccc34)c([2H])c2[2H])c([2H])c([2H])c1-c1ccccc1. The summed E-state index contributed by atoms with van der Waals surface area (Å²) < 4.78 is 76.2. The summed E-state index contributed by atoms with van der Waals surface area (Å²) in [7, 11) is 0. The van der Waals surface area contributed by atoms with Crippen LogP contribution < -0.4 is 4.90 Å². The van der Waals surface area contributed by atoms with Crippen molar-refractivity contribution in [3.05, 3.63) is 224 Å². The summed E-state index contributed by atoms with van der Waals surface area (Å²) in [6, 6.07) is 53.3. The van der Waals surface area contributed by atoms with E-state index in [1.54, 1.807) is 36.4 Å². The Kier molecular flexibility index (Phi) is 6.33. The van der Waals surface area contributed by atoms with Crippen LogP contribution in [-0.4, -0.2) is 0 Å². The van der Waals surface area contributed by atoms with E-state index >= 15 is 0 Å². The number of nitrogens with zero attached hydrogens (tertiary/aromatic N) is 1.